The summed E-state index contributed by atoms with van der Waals surface area (Å²) in [5, 5.41) is 6.56. The van der Waals surface area contributed by atoms with Gasteiger partial charge in [0.1, 0.15) is 0 Å². The summed E-state index contributed by atoms with van der Waals surface area (Å²) >= 11 is 0. The number of piperidine rings is 1. The minimum atomic E-state index is -0.0186. The molecule has 0 bridgehead atoms. The van der Waals surface area contributed by atoms with Gasteiger partial charge in [-0.05, 0) is 42.9 Å². The fraction of sp³-hybridized carbons (Fsp3) is 0.611. The van der Waals surface area contributed by atoms with Crippen LogP contribution in [0.4, 0.5) is 0 Å². The van der Waals surface area contributed by atoms with Crippen LogP contribution in [0, 0.1) is 5.92 Å². The van der Waals surface area contributed by atoms with E-state index in [9.17, 15) is 4.79 Å². The average Bonchev–Trinajstić information content (AvgIpc) is 2.53. The third-order valence-electron chi connectivity index (χ3n) is 4.34. The van der Waals surface area contributed by atoms with Crippen molar-refractivity contribution < 1.29 is 4.79 Å². The van der Waals surface area contributed by atoms with Crippen LogP contribution in [-0.2, 0) is 11.2 Å². The van der Waals surface area contributed by atoms with E-state index < -0.39 is 0 Å². The van der Waals surface area contributed by atoms with Crippen molar-refractivity contribution in [3.05, 3.63) is 35.4 Å². The van der Waals surface area contributed by atoms with Crippen LogP contribution < -0.4 is 10.6 Å². The molecule has 3 nitrogen and oxygen atoms in total. The van der Waals surface area contributed by atoms with Gasteiger partial charge in [0.2, 0.25) is 5.91 Å². The van der Waals surface area contributed by atoms with Crippen molar-refractivity contribution in [2.24, 2.45) is 5.92 Å². The summed E-state index contributed by atoms with van der Waals surface area (Å²) in [6.45, 7) is 7.43. The van der Waals surface area contributed by atoms with Gasteiger partial charge in [-0.3, -0.25) is 4.79 Å². The molecule has 2 atom stereocenters. The van der Waals surface area contributed by atoms with Gasteiger partial charge >= 0.3 is 0 Å². The number of hydrogen-bond donors (Lipinski definition) is 2. The van der Waals surface area contributed by atoms with E-state index >= 15 is 0 Å². The van der Waals surface area contributed by atoms with Gasteiger partial charge in [-0.2, -0.15) is 0 Å². The Morgan fingerprint density at radius 2 is 2.00 bits per heavy atom. The smallest absolute Gasteiger partial charge is 0.237 e. The molecule has 2 rings (SSSR count). The van der Waals surface area contributed by atoms with E-state index in [2.05, 4.69) is 55.7 Å². The topological polar surface area (TPSA) is 41.1 Å². The van der Waals surface area contributed by atoms with Crippen LogP contribution in [0.1, 0.15) is 57.2 Å². The van der Waals surface area contributed by atoms with Crippen molar-refractivity contribution in [1.82, 2.24) is 10.6 Å². The number of nitrogens with one attached hydrogen (secondary N) is 2. The fourth-order valence-corrected chi connectivity index (χ4v) is 2.93. The zero-order valence-corrected chi connectivity index (χ0v) is 13.5. The Kier molecular flexibility index (Phi) is 5.80. The summed E-state index contributed by atoms with van der Waals surface area (Å²) in [5.41, 5.74) is 2.54. The third-order valence-corrected chi connectivity index (χ3v) is 4.34. The van der Waals surface area contributed by atoms with E-state index in [1.54, 1.807) is 0 Å². The molecular formula is C18H28N2O. The maximum absolute atomic E-state index is 12.4. The molecule has 116 valence electrons. The van der Waals surface area contributed by atoms with Crippen LogP contribution in [0.3, 0.4) is 0 Å². The Bertz CT molecular complexity index is 447. The summed E-state index contributed by atoms with van der Waals surface area (Å²) in [6.07, 6.45) is 4.31. The normalized spacial score (nSPS) is 20.3. The molecule has 21 heavy (non-hydrogen) atoms. The van der Waals surface area contributed by atoms with Gasteiger partial charge < -0.3 is 10.6 Å². The van der Waals surface area contributed by atoms with Gasteiger partial charge in [-0.25, -0.2) is 0 Å². The third kappa shape index (κ3) is 4.31. The standard InChI is InChI=1S/C18H28N2O/c1-4-14-8-10-15(11-9-14)17(13(2)3)20-18(21)16-7-5-6-12-19-16/h8-11,13,16-17,19H,4-7,12H2,1-3H3,(H,20,21)/t16-,17?/m0/s1. The molecule has 0 radical (unpaired) electrons. The van der Waals surface area contributed by atoms with E-state index in [1.165, 1.54) is 17.5 Å². The largest absolute Gasteiger partial charge is 0.348 e. The number of hydrogen-bond acceptors (Lipinski definition) is 2. The molecule has 1 saturated heterocycles. The Labute approximate surface area is 128 Å². The lowest BCUT2D eigenvalue weighted by Crippen LogP contribution is -2.48. The van der Waals surface area contributed by atoms with Crippen LogP contribution in [0.15, 0.2) is 24.3 Å². The number of benzene rings is 1. The number of amides is 1. The van der Waals surface area contributed by atoms with Crippen molar-refractivity contribution in [2.75, 3.05) is 6.54 Å². The van der Waals surface area contributed by atoms with E-state index in [0.717, 1.165) is 25.8 Å². The highest BCUT2D eigenvalue weighted by molar-refractivity contribution is 5.82. The van der Waals surface area contributed by atoms with Crippen molar-refractivity contribution in [1.29, 1.82) is 0 Å². The first-order chi connectivity index (χ1) is 10.1. The highest BCUT2D eigenvalue weighted by Crippen LogP contribution is 2.23. The monoisotopic (exact) mass is 288 g/mol. The SMILES string of the molecule is CCc1ccc(C(NC(=O)[C@@H]2CCCCN2)C(C)C)cc1. The second kappa shape index (κ2) is 7.60. The number of carbonyl (C=O) groups excluding carboxylic acids is 1. The molecule has 1 aliphatic rings. The maximum Gasteiger partial charge on any atom is 0.237 e. The maximum atomic E-state index is 12.4. The Balaban J connectivity index is 2.05. The minimum Gasteiger partial charge on any atom is -0.348 e. The number of carbonyl (C=O) groups is 1. The van der Waals surface area contributed by atoms with Crippen molar-refractivity contribution >= 4 is 5.91 Å². The molecule has 1 aliphatic heterocycles. The molecule has 2 N–H and O–H groups in total. The second-order valence-electron chi connectivity index (χ2n) is 6.33. The Morgan fingerprint density at radius 1 is 1.29 bits per heavy atom. The predicted molar refractivity (Wildman–Crippen MR) is 87.2 cm³/mol. The van der Waals surface area contributed by atoms with E-state index in [4.69, 9.17) is 0 Å². The van der Waals surface area contributed by atoms with Crippen LogP contribution >= 0.6 is 0 Å². The molecule has 1 amide bonds. The molecule has 1 aromatic carbocycles. The number of aryl methyl sites for hydroxylation is 1. The van der Waals surface area contributed by atoms with Crippen LogP contribution in [-0.4, -0.2) is 18.5 Å². The lowest BCUT2D eigenvalue weighted by atomic mass is 9.94. The molecule has 3 heteroatoms. The molecule has 0 spiro atoms. The fourth-order valence-electron chi connectivity index (χ4n) is 2.93. The highest BCUT2D eigenvalue weighted by Gasteiger charge is 2.25. The van der Waals surface area contributed by atoms with Crippen molar-refractivity contribution in [3.63, 3.8) is 0 Å². The van der Waals surface area contributed by atoms with Gasteiger partial charge in [-0.1, -0.05) is 51.5 Å². The molecule has 1 unspecified atom stereocenters. The van der Waals surface area contributed by atoms with Gasteiger partial charge in [0.05, 0.1) is 12.1 Å². The lowest BCUT2D eigenvalue weighted by molar-refractivity contribution is -0.124. The van der Waals surface area contributed by atoms with Gasteiger partial charge in [0.25, 0.3) is 0 Å². The van der Waals surface area contributed by atoms with Gasteiger partial charge in [0.15, 0.2) is 0 Å². The lowest BCUT2D eigenvalue weighted by Gasteiger charge is -2.28. The minimum absolute atomic E-state index is 0.0186. The molecular weight excluding hydrogens is 260 g/mol. The summed E-state index contributed by atoms with van der Waals surface area (Å²) in [7, 11) is 0. The predicted octanol–water partition coefficient (Wildman–Crippen LogP) is 3.20. The first-order valence-corrected chi connectivity index (χ1v) is 8.24. The Morgan fingerprint density at radius 3 is 2.52 bits per heavy atom. The molecule has 1 fully saturated rings. The van der Waals surface area contributed by atoms with Gasteiger partial charge in [0, 0.05) is 0 Å². The van der Waals surface area contributed by atoms with Crippen LogP contribution in [0.5, 0.6) is 0 Å². The molecule has 0 saturated carbocycles. The molecule has 0 aromatic heterocycles. The first-order valence-electron chi connectivity index (χ1n) is 8.24. The molecule has 0 aliphatic carbocycles. The van der Waals surface area contributed by atoms with E-state index in [1.807, 2.05) is 0 Å². The van der Waals surface area contributed by atoms with Crippen molar-refractivity contribution in [3.8, 4) is 0 Å². The quantitative estimate of drug-likeness (QED) is 0.873. The summed E-state index contributed by atoms with van der Waals surface area (Å²) < 4.78 is 0. The highest BCUT2D eigenvalue weighted by atomic mass is 16.2. The second-order valence-corrected chi connectivity index (χ2v) is 6.33. The average molecular weight is 288 g/mol. The van der Waals surface area contributed by atoms with Crippen molar-refractivity contribution in [2.45, 2.75) is 58.5 Å². The Hall–Kier alpha value is -1.35. The summed E-state index contributed by atoms with van der Waals surface area (Å²) in [4.78, 5) is 12.4. The summed E-state index contributed by atoms with van der Waals surface area (Å²) in [6, 6.07) is 8.70. The number of rotatable bonds is 5. The zero-order chi connectivity index (χ0) is 15.2. The molecule has 1 aromatic rings. The van der Waals surface area contributed by atoms with E-state index in [-0.39, 0.29) is 18.0 Å². The van der Waals surface area contributed by atoms with Gasteiger partial charge in [-0.15, -0.1) is 0 Å². The zero-order valence-electron chi connectivity index (χ0n) is 13.5. The summed E-state index contributed by atoms with van der Waals surface area (Å²) in [5.74, 6) is 0.526. The first kappa shape index (κ1) is 16.0. The molecule has 1 heterocycles. The van der Waals surface area contributed by atoms with E-state index in [0.29, 0.717) is 5.92 Å². The van der Waals surface area contributed by atoms with Crippen LogP contribution in [0.2, 0.25) is 0 Å². The van der Waals surface area contributed by atoms with Crippen LogP contribution in [0.25, 0.3) is 0 Å².